The first-order chi connectivity index (χ1) is 10.6. The molecule has 0 fully saturated rings. The number of esters is 1. The van der Waals surface area contributed by atoms with Gasteiger partial charge in [-0.2, -0.15) is 13.2 Å². The van der Waals surface area contributed by atoms with Crippen LogP contribution in [0.5, 0.6) is 5.75 Å². The first kappa shape index (κ1) is 18.6. The third kappa shape index (κ3) is 3.66. The standard InChI is InChI=1S/C12H10F5NO5/c1-3-23-7-4(11(21)22-2)6(9(13)14)18-8(12(15,16)17)5(7)10(19)20/h9H,3H2,1-2H3,(H,19,20)/p-1. The van der Waals surface area contributed by atoms with Crippen LogP contribution < -0.4 is 9.84 Å². The van der Waals surface area contributed by atoms with Crippen molar-refractivity contribution in [3.05, 3.63) is 22.5 Å². The van der Waals surface area contributed by atoms with Gasteiger partial charge in [0.15, 0.2) is 5.69 Å². The monoisotopic (exact) mass is 342 g/mol. The molecule has 6 nitrogen and oxygen atoms in total. The van der Waals surface area contributed by atoms with Crippen molar-refractivity contribution in [2.24, 2.45) is 0 Å². The number of nitrogens with zero attached hydrogens (tertiary/aromatic N) is 1. The average Bonchev–Trinajstić information content (AvgIpc) is 2.44. The molecule has 1 aromatic heterocycles. The zero-order valence-electron chi connectivity index (χ0n) is 11.7. The number of carboxylic acids is 1. The van der Waals surface area contributed by atoms with Gasteiger partial charge in [0.2, 0.25) is 0 Å². The van der Waals surface area contributed by atoms with Crippen molar-refractivity contribution in [1.82, 2.24) is 4.98 Å². The van der Waals surface area contributed by atoms with Gasteiger partial charge < -0.3 is 19.4 Å². The van der Waals surface area contributed by atoms with E-state index in [9.17, 15) is 36.6 Å². The number of hydrogen-bond donors (Lipinski definition) is 0. The number of aromatic nitrogens is 1. The van der Waals surface area contributed by atoms with Crippen molar-refractivity contribution >= 4 is 11.9 Å². The minimum Gasteiger partial charge on any atom is -0.545 e. The van der Waals surface area contributed by atoms with E-state index in [0.29, 0.717) is 0 Å². The molecule has 23 heavy (non-hydrogen) atoms. The topological polar surface area (TPSA) is 88.6 Å². The molecule has 0 N–H and O–H groups in total. The summed E-state index contributed by atoms with van der Waals surface area (Å²) in [7, 11) is 0.768. The highest BCUT2D eigenvalue weighted by Gasteiger charge is 2.41. The summed E-state index contributed by atoms with van der Waals surface area (Å²) < 4.78 is 73.6. The molecule has 0 saturated carbocycles. The first-order valence-electron chi connectivity index (χ1n) is 5.91. The summed E-state index contributed by atoms with van der Waals surface area (Å²) in [5.74, 6) is -5.14. The molecule has 0 spiro atoms. The molecule has 128 valence electrons. The molecule has 0 aromatic carbocycles. The van der Waals surface area contributed by atoms with Crippen molar-refractivity contribution in [1.29, 1.82) is 0 Å². The lowest BCUT2D eigenvalue weighted by Gasteiger charge is -2.21. The maximum absolute atomic E-state index is 13.0. The number of halogens is 5. The lowest BCUT2D eigenvalue weighted by atomic mass is 10.0. The quantitative estimate of drug-likeness (QED) is 0.596. The normalized spacial score (nSPS) is 11.5. The van der Waals surface area contributed by atoms with Crippen LogP contribution in [0, 0.1) is 0 Å². The van der Waals surface area contributed by atoms with Gasteiger partial charge in [-0.15, -0.1) is 0 Å². The van der Waals surface area contributed by atoms with Crippen LogP contribution in [0.1, 0.15) is 45.5 Å². The number of rotatable bonds is 5. The molecular weight excluding hydrogens is 333 g/mol. The number of hydrogen-bond acceptors (Lipinski definition) is 6. The van der Waals surface area contributed by atoms with E-state index >= 15 is 0 Å². The first-order valence-corrected chi connectivity index (χ1v) is 5.91. The van der Waals surface area contributed by atoms with Crippen molar-refractivity contribution < 1.29 is 46.1 Å². The van der Waals surface area contributed by atoms with Crippen molar-refractivity contribution in [2.45, 2.75) is 19.5 Å². The molecule has 0 unspecified atom stereocenters. The lowest BCUT2D eigenvalue weighted by molar-refractivity contribution is -0.256. The van der Waals surface area contributed by atoms with E-state index in [1.807, 2.05) is 0 Å². The van der Waals surface area contributed by atoms with Gasteiger partial charge in [0, 0.05) is 0 Å². The van der Waals surface area contributed by atoms with Crippen molar-refractivity contribution in [2.75, 3.05) is 13.7 Å². The second-order valence-corrected chi connectivity index (χ2v) is 3.94. The molecule has 0 atom stereocenters. The zero-order chi connectivity index (χ0) is 17.9. The van der Waals surface area contributed by atoms with Crippen molar-refractivity contribution in [3.63, 3.8) is 0 Å². The number of carbonyl (C=O) groups is 2. The Morgan fingerprint density at radius 1 is 1.26 bits per heavy atom. The molecule has 0 amide bonds. The molecule has 0 bridgehead atoms. The average molecular weight is 342 g/mol. The minimum atomic E-state index is -5.39. The second-order valence-electron chi connectivity index (χ2n) is 3.94. The number of aromatic carboxylic acids is 1. The highest BCUT2D eigenvalue weighted by Crippen LogP contribution is 2.40. The summed E-state index contributed by atoms with van der Waals surface area (Å²) in [6, 6.07) is 0. The molecule has 0 saturated heterocycles. The van der Waals surface area contributed by atoms with Crippen LogP contribution in [0.4, 0.5) is 22.0 Å². The number of pyridine rings is 1. The van der Waals surface area contributed by atoms with Crippen LogP contribution in [-0.4, -0.2) is 30.6 Å². The summed E-state index contributed by atoms with van der Waals surface area (Å²) in [5, 5.41) is 11.0. The van der Waals surface area contributed by atoms with Crippen LogP contribution in [0.3, 0.4) is 0 Å². The Morgan fingerprint density at radius 3 is 2.17 bits per heavy atom. The van der Waals surface area contributed by atoms with Gasteiger partial charge in [-0.3, -0.25) is 0 Å². The van der Waals surface area contributed by atoms with Gasteiger partial charge in [0.1, 0.15) is 17.0 Å². The van der Waals surface area contributed by atoms with E-state index in [1.165, 1.54) is 6.92 Å². The van der Waals surface area contributed by atoms with Crippen LogP contribution in [-0.2, 0) is 10.9 Å². The van der Waals surface area contributed by atoms with E-state index in [0.717, 1.165) is 7.11 Å². The fourth-order valence-corrected chi connectivity index (χ4v) is 1.72. The van der Waals surface area contributed by atoms with Gasteiger partial charge in [-0.05, 0) is 6.92 Å². The summed E-state index contributed by atoms with van der Waals surface area (Å²) in [4.78, 5) is 25.2. The smallest absolute Gasteiger partial charge is 0.434 e. The lowest BCUT2D eigenvalue weighted by Crippen LogP contribution is -2.30. The summed E-state index contributed by atoms with van der Waals surface area (Å²) >= 11 is 0. The number of alkyl halides is 5. The van der Waals surface area contributed by atoms with E-state index < -0.39 is 59.4 Å². The van der Waals surface area contributed by atoms with Gasteiger partial charge in [-0.25, -0.2) is 18.6 Å². The SMILES string of the molecule is CCOc1c(C(=O)OC)c(C(F)F)nc(C(F)(F)F)c1C(=O)[O-]. The molecule has 0 aliphatic heterocycles. The Hall–Kier alpha value is -2.46. The van der Waals surface area contributed by atoms with Crippen LogP contribution in [0.15, 0.2) is 0 Å². The molecular formula is C12H9F5NO5-. The Kier molecular flexibility index (Phi) is 5.46. The molecule has 0 aliphatic rings. The van der Waals surface area contributed by atoms with Gasteiger partial charge in [0.05, 0.1) is 25.2 Å². The second kappa shape index (κ2) is 6.75. The Morgan fingerprint density at radius 2 is 1.83 bits per heavy atom. The summed E-state index contributed by atoms with van der Waals surface area (Å²) in [6.45, 7) is 0.837. The summed E-state index contributed by atoms with van der Waals surface area (Å²) in [5.41, 5.74) is -6.60. The summed E-state index contributed by atoms with van der Waals surface area (Å²) in [6.07, 6.45) is -9.00. The molecule has 0 radical (unpaired) electrons. The third-order valence-corrected chi connectivity index (χ3v) is 2.54. The zero-order valence-corrected chi connectivity index (χ0v) is 11.7. The highest BCUT2D eigenvalue weighted by atomic mass is 19.4. The highest BCUT2D eigenvalue weighted by molar-refractivity contribution is 6.00. The Bertz CT molecular complexity index is 629. The van der Waals surface area contributed by atoms with Crippen LogP contribution in [0.25, 0.3) is 0 Å². The van der Waals surface area contributed by atoms with Crippen LogP contribution >= 0.6 is 0 Å². The third-order valence-electron chi connectivity index (χ3n) is 2.54. The number of methoxy groups -OCH3 is 1. The Labute approximate surface area is 125 Å². The molecule has 0 aliphatic carbocycles. The predicted molar refractivity (Wildman–Crippen MR) is 61.0 cm³/mol. The van der Waals surface area contributed by atoms with Gasteiger partial charge in [-0.1, -0.05) is 0 Å². The fourth-order valence-electron chi connectivity index (χ4n) is 1.72. The molecule has 1 rings (SSSR count). The van der Waals surface area contributed by atoms with E-state index in [-0.39, 0.29) is 0 Å². The van der Waals surface area contributed by atoms with Crippen LogP contribution in [0.2, 0.25) is 0 Å². The molecule has 1 aromatic rings. The molecule has 11 heteroatoms. The van der Waals surface area contributed by atoms with Crippen molar-refractivity contribution in [3.8, 4) is 5.75 Å². The maximum Gasteiger partial charge on any atom is 0.434 e. The number of ether oxygens (including phenoxy) is 2. The van der Waals surface area contributed by atoms with Gasteiger partial charge in [0.25, 0.3) is 6.43 Å². The largest absolute Gasteiger partial charge is 0.545 e. The van der Waals surface area contributed by atoms with E-state index in [1.54, 1.807) is 0 Å². The molecule has 1 heterocycles. The minimum absolute atomic E-state index is 0.408. The van der Waals surface area contributed by atoms with E-state index in [4.69, 9.17) is 0 Å². The maximum atomic E-state index is 13.0. The number of carbonyl (C=O) groups excluding carboxylic acids is 2. The number of carboxylic acid groups (broad SMARTS) is 1. The fraction of sp³-hybridized carbons (Fsp3) is 0.417. The predicted octanol–water partition coefficient (Wildman–Crippen LogP) is 1.59. The Balaban J connectivity index is 3.99. The van der Waals surface area contributed by atoms with E-state index in [2.05, 4.69) is 14.5 Å². The van der Waals surface area contributed by atoms with Gasteiger partial charge >= 0.3 is 12.1 Å².